The first-order chi connectivity index (χ1) is 28.7. The van der Waals surface area contributed by atoms with Crippen LogP contribution in [0.3, 0.4) is 0 Å². The van der Waals surface area contributed by atoms with Gasteiger partial charge in [0.25, 0.3) is 0 Å². The van der Waals surface area contributed by atoms with Crippen LogP contribution in [0.4, 0.5) is 22.7 Å². The average Bonchev–Trinajstić information content (AvgIpc) is 3.62. The van der Waals surface area contributed by atoms with Crippen molar-refractivity contribution < 1.29 is 0 Å². The smallest absolute Gasteiger partial charge is 0.0645 e. The third kappa shape index (κ3) is 9.13. The molecule has 0 fully saturated rings. The number of anilines is 3. The lowest BCUT2D eigenvalue weighted by Gasteiger charge is -2.26. The first-order valence-electron chi connectivity index (χ1n) is 19.7. The molecule has 0 atom stereocenters. The van der Waals surface area contributed by atoms with Gasteiger partial charge in [0, 0.05) is 27.8 Å². The van der Waals surface area contributed by atoms with E-state index in [1.165, 1.54) is 33.0 Å². The van der Waals surface area contributed by atoms with E-state index in [9.17, 15) is 0 Å². The topological polar surface area (TPSA) is 20.5 Å². The number of rotatable bonds is 11. The van der Waals surface area contributed by atoms with Crippen LogP contribution in [-0.4, -0.2) is 10.8 Å². The highest BCUT2D eigenvalue weighted by molar-refractivity contribution is 6.16. The van der Waals surface area contributed by atoms with Gasteiger partial charge in [-0.25, -0.2) is 0 Å². The summed E-state index contributed by atoms with van der Waals surface area (Å²) in [4.78, 5) is 7.18. The summed E-state index contributed by atoms with van der Waals surface area (Å²) in [6, 6.07) is 65.6. The Balaban J connectivity index is 0.000000337. The molecule has 1 heterocycles. The van der Waals surface area contributed by atoms with Crippen LogP contribution in [0, 0.1) is 0 Å². The fourth-order valence-electron chi connectivity index (χ4n) is 7.04. The average molecular weight is 750 g/mol. The molecule has 8 aromatic rings. The van der Waals surface area contributed by atoms with E-state index in [4.69, 9.17) is 4.99 Å². The third-order valence-corrected chi connectivity index (χ3v) is 9.73. The number of fused-ring (bicyclic) bond motifs is 3. The predicted octanol–water partition coefficient (Wildman–Crippen LogP) is 15.6. The normalized spacial score (nSPS) is 12.0. The van der Waals surface area contributed by atoms with Crippen molar-refractivity contribution in [2.24, 2.45) is 4.99 Å². The van der Waals surface area contributed by atoms with E-state index in [-0.39, 0.29) is 0 Å². The van der Waals surface area contributed by atoms with Gasteiger partial charge >= 0.3 is 0 Å². The number of benzene rings is 7. The van der Waals surface area contributed by atoms with Crippen molar-refractivity contribution in [1.29, 1.82) is 0 Å². The Hall–Kier alpha value is -7.49. The summed E-state index contributed by atoms with van der Waals surface area (Å²) >= 11 is 0. The zero-order valence-corrected chi connectivity index (χ0v) is 33.1. The van der Waals surface area contributed by atoms with Gasteiger partial charge in [-0.2, -0.15) is 0 Å². The number of para-hydroxylation sites is 3. The van der Waals surface area contributed by atoms with E-state index in [2.05, 4.69) is 174 Å². The third-order valence-electron chi connectivity index (χ3n) is 9.73. The largest absolute Gasteiger partial charge is 0.310 e. The number of hydrogen-bond donors (Lipinski definition) is 0. The molecule has 1 aromatic heterocycles. The van der Waals surface area contributed by atoms with Crippen LogP contribution >= 0.6 is 0 Å². The standard InChI is InChI=1S/C42H33N3.C13H14/c1-2-3-19-38(31-43-34-17-9-5-10-18-34)45-41-23-14-13-22-39(41)40-29-28-37(30-42(40)45)44(35-20-11-6-12-21-35)36-26-24-33(25-27-36)32-15-7-4-8-16-32;1-3-8-12(9-4-2)13-10-6-5-7-11-13/h2-31H,1H3;3-11H,1H2,2H3/b3-2-,38-19+,43-31?;9-4-,12-8+. The number of allylic oxidation sites excluding steroid dienone is 9. The minimum atomic E-state index is 0.916. The summed E-state index contributed by atoms with van der Waals surface area (Å²) in [6.07, 6.45) is 16.1. The fourth-order valence-corrected chi connectivity index (χ4v) is 7.04. The summed E-state index contributed by atoms with van der Waals surface area (Å²) < 4.78 is 2.32. The summed E-state index contributed by atoms with van der Waals surface area (Å²) in [5, 5.41) is 2.40. The van der Waals surface area contributed by atoms with Gasteiger partial charge in [0.2, 0.25) is 0 Å². The highest BCUT2D eigenvalue weighted by Gasteiger charge is 2.18. The molecule has 0 bridgehead atoms. The van der Waals surface area contributed by atoms with Crippen LogP contribution in [0.1, 0.15) is 19.4 Å². The SMILES string of the molecule is C/C=C\C=C(/C=Nc1ccccc1)n1c2ccccc2c2ccc(N(c3ccccc3)c3ccc(-c4ccccc4)cc3)cc21.C=C/C=C(\C=C/C)c1ccccc1. The van der Waals surface area contributed by atoms with E-state index in [1.54, 1.807) is 0 Å². The van der Waals surface area contributed by atoms with Crippen molar-refractivity contribution in [3.63, 3.8) is 0 Å². The van der Waals surface area contributed by atoms with E-state index >= 15 is 0 Å². The summed E-state index contributed by atoms with van der Waals surface area (Å²) in [6.45, 7) is 7.75. The summed E-state index contributed by atoms with van der Waals surface area (Å²) in [5.74, 6) is 0. The van der Waals surface area contributed by atoms with Crippen LogP contribution in [0.15, 0.2) is 242 Å². The van der Waals surface area contributed by atoms with Crippen molar-refractivity contribution >= 4 is 62.0 Å². The minimum absolute atomic E-state index is 0.916. The Morgan fingerprint density at radius 2 is 1.10 bits per heavy atom. The molecule has 0 amide bonds. The van der Waals surface area contributed by atoms with Crippen LogP contribution in [0.25, 0.3) is 44.2 Å². The van der Waals surface area contributed by atoms with Gasteiger partial charge in [-0.15, -0.1) is 0 Å². The maximum Gasteiger partial charge on any atom is 0.0645 e. The Labute approximate surface area is 342 Å². The van der Waals surface area contributed by atoms with Crippen molar-refractivity contribution in [2.75, 3.05) is 4.90 Å². The monoisotopic (exact) mass is 749 g/mol. The van der Waals surface area contributed by atoms with Crippen LogP contribution in [0.5, 0.6) is 0 Å². The van der Waals surface area contributed by atoms with Crippen LogP contribution < -0.4 is 4.90 Å². The van der Waals surface area contributed by atoms with Gasteiger partial charge in [0.15, 0.2) is 0 Å². The quantitative estimate of drug-likeness (QED) is 0.0953. The first kappa shape index (κ1) is 38.8. The predicted molar refractivity (Wildman–Crippen MR) is 253 cm³/mol. The van der Waals surface area contributed by atoms with Crippen molar-refractivity contribution in [1.82, 2.24) is 4.57 Å². The molecule has 3 nitrogen and oxygen atoms in total. The molecule has 0 radical (unpaired) electrons. The molecule has 0 N–H and O–H groups in total. The number of hydrogen-bond acceptors (Lipinski definition) is 2. The van der Waals surface area contributed by atoms with Gasteiger partial charge < -0.3 is 9.47 Å². The van der Waals surface area contributed by atoms with E-state index in [0.717, 1.165) is 39.5 Å². The first-order valence-corrected chi connectivity index (χ1v) is 19.7. The Morgan fingerprint density at radius 3 is 1.78 bits per heavy atom. The molecular formula is C55H47N3. The second-order valence-corrected chi connectivity index (χ2v) is 13.6. The molecular weight excluding hydrogens is 703 g/mol. The van der Waals surface area contributed by atoms with E-state index < -0.39 is 0 Å². The molecule has 0 aliphatic rings. The Bertz CT molecular complexity index is 2720. The van der Waals surface area contributed by atoms with E-state index in [1.807, 2.05) is 92.9 Å². The van der Waals surface area contributed by atoms with Gasteiger partial charge in [0.05, 0.1) is 28.6 Å². The number of aliphatic imine (C=N–C) groups is 1. The molecule has 3 heteroatoms. The van der Waals surface area contributed by atoms with Gasteiger partial charge in [0.1, 0.15) is 0 Å². The molecule has 8 rings (SSSR count). The Kier molecular flexibility index (Phi) is 13.0. The minimum Gasteiger partial charge on any atom is -0.310 e. The highest BCUT2D eigenvalue weighted by atomic mass is 15.1. The second-order valence-electron chi connectivity index (χ2n) is 13.6. The number of aromatic nitrogens is 1. The molecule has 0 aliphatic carbocycles. The molecule has 0 saturated carbocycles. The molecule has 0 aliphatic heterocycles. The summed E-state index contributed by atoms with van der Waals surface area (Å²) in [7, 11) is 0. The lowest BCUT2D eigenvalue weighted by atomic mass is 10.0. The van der Waals surface area contributed by atoms with Crippen molar-refractivity contribution in [2.45, 2.75) is 13.8 Å². The summed E-state index contributed by atoms with van der Waals surface area (Å²) in [5.41, 5.74) is 12.2. The van der Waals surface area contributed by atoms with Crippen molar-refractivity contribution in [3.05, 3.63) is 243 Å². The van der Waals surface area contributed by atoms with Gasteiger partial charge in [-0.3, -0.25) is 4.99 Å². The highest BCUT2D eigenvalue weighted by Crippen LogP contribution is 2.40. The molecule has 58 heavy (non-hydrogen) atoms. The van der Waals surface area contributed by atoms with Crippen LogP contribution in [-0.2, 0) is 0 Å². The Morgan fingerprint density at radius 1 is 0.534 bits per heavy atom. The zero-order valence-electron chi connectivity index (χ0n) is 33.1. The lowest BCUT2D eigenvalue weighted by molar-refractivity contribution is 1.24. The number of nitrogens with zero attached hydrogens (tertiary/aromatic N) is 3. The lowest BCUT2D eigenvalue weighted by Crippen LogP contribution is -2.10. The van der Waals surface area contributed by atoms with Crippen molar-refractivity contribution in [3.8, 4) is 11.1 Å². The fraction of sp³-hybridized carbons (Fsp3) is 0.0364. The molecule has 0 unspecified atom stereocenters. The van der Waals surface area contributed by atoms with Gasteiger partial charge in [-0.1, -0.05) is 176 Å². The molecule has 0 spiro atoms. The molecule has 282 valence electrons. The van der Waals surface area contributed by atoms with Crippen LogP contribution in [0.2, 0.25) is 0 Å². The maximum atomic E-state index is 4.86. The molecule has 7 aromatic carbocycles. The van der Waals surface area contributed by atoms with E-state index in [0.29, 0.717) is 0 Å². The zero-order chi connectivity index (χ0) is 39.9. The second kappa shape index (κ2) is 19.4. The maximum absolute atomic E-state index is 4.86. The van der Waals surface area contributed by atoms with Gasteiger partial charge in [-0.05, 0) is 96.8 Å². The molecule has 0 saturated heterocycles.